The summed E-state index contributed by atoms with van der Waals surface area (Å²) in [5, 5.41) is 2.71. The fourth-order valence-corrected chi connectivity index (χ4v) is 3.69. The first kappa shape index (κ1) is 22.2. The topological polar surface area (TPSA) is 101 Å². The van der Waals surface area contributed by atoms with E-state index in [-0.39, 0.29) is 16.8 Å². The van der Waals surface area contributed by atoms with Gasteiger partial charge in [0, 0.05) is 23.7 Å². The first-order chi connectivity index (χ1) is 14.7. The van der Waals surface area contributed by atoms with E-state index in [4.69, 9.17) is 0 Å². The quantitative estimate of drug-likeness (QED) is 0.536. The third-order valence-electron chi connectivity index (χ3n) is 4.48. The predicted octanol–water partition coefficient (Wildman–Crippen LogP) is 4.36. The van der Waals surface area contributed by atoms with Gasteiger partial charge in [-0.15, -0.1) is 0 Å². The molecule has 7 nitrogen and oxygen atoms in total. The van der Waals surface area contributed by atoms with Crippen LogP contribution in [-0.4, -0.2) is 24.3 Å². The zero-order valence-corrected chi connectivity index (χ0v) is 18.3. The van der Waals surface area contributed by atoms with Gasteiger partial charge in [-0.05, 0) is 60.4 Å². The Labute approximate surface area is 182 Å². The number of aromatic nitrogens is 2. The van der Waals surface area contributed by atoms with E-state index in [0.29, 0.717) is 17.3 Å². The number of rotatable bonds is 7. The SMILES string of the molecule is Cc1ccnc(NS(=O)(=O)c2ccc(NC(=O)/C=C/c3ccc(C(C)C)cc3)cc2)n1. The highest BCUT2D eigenvalue weighted by Crippen LogP contribution is 2.17. The molecule has 8 heteroatoms. The predicted molar refractivity (Wildman–Crippen MR) is 122 cm³/mol. The number of nitrogens with one attached hydrogen (secondary N) is 2. The normalized spacial score (nSPS) is 11.6. The summed E-state index contributed by atoms with van der Waals surface area (Å²) >= 11 is 0. The largest absolute Gasteiger partial charge is 0.323 e. The molecule has 0 radical (unpaired) electrons. The number of aryl methyl sites for hydroxylation is 1. The summed E-state index contributed by atoms with van der Waals surface area (Å²) in [5.74, 6) is 0.145. The van der Waals surface area contributed by atoms with Crippen molar-refractivity contribution >= 4 is 33.6 Å². The van der Waals surface area contributed by atoms with Gasteiger partial charge in [0.05, 0.1) is 4.90 Å². The Morgan fingerprint density at radius 1 is 1.00 bits per heavy atom. The molecular formula is C23H24N4O3S. The first-order valence-corrected chi connectivity index (χ1v) is 11.2. The molecule has 160 valence electrons. The molecule has 0 fully saturated rings. The van der Waals surface area contributed by atoms with E-state index in [1.807, 2.05) is 24.3 Å². The van der Waals surface area contributed by atoms with Gasteiger partial charge >= 0.3 is 0 Å². The number of hydrogen-bond acceptors (Lipinski definition) is 5. The summed E-state index contributed by atoms with van der Waals surface area (Å²) in [4.78, 5) is 20.1. The van der Waals surface area contributed by atoms with Crippen molar-refractivity contribution < 1.29 is 13.2 Å². The summed E-state index contributed by atoms with van der Waals surface area (Å²) in [6, 6.07) is 15.5. The minimum absolute atomic E-state index is 0.00365. The second-order valence-electron chi connectivity index (χ2n) is 7.30. The van der Waals surface area contributed by atoms with E-state index in [0.717, 1.165) is 5.56 Å². The summed E-state index contributed by atoms with van der Waals surface area (Å²) in [5.41, 5.74) is 3.29. The average Bonchev–Trinajstić information content (AvgIpc) is 2.72. The molecule has 0 aliphatic heterocycles. The Bertz CT molecular complexity index is 1190. The fourth-order valence-electron chi connectivity index (χ4n) is 2.74. The van der Waals surface area contributed by atoms with E-state index >= 15 is 0 Å². The van der Waals surface area contributed by atoms with Crippen LogP contribution in [-0.2, 0) is 14.8 Å². The van der Waals surface area contributed by atoms with Gasteiger partial charge in [-0.1, -0.05) is 38.1 Å². The summed E-state index contributed by atoms with van der Waals surface area (Å²) < 4.78 is 27.3. The second-order valence-corrected chi connectivity index (χ2v) is 8.98. The Balaban J connectivity index is 1.62. The maximum Gasteiger partial charge on any atom is 0.264 e. The number of benzene rings is 2. The van der Waals surface area contributed by atoms with Crippen molar-refractivity contribution in [3.8, 4) is 0 Å². The fraction of sp³-hybridized carbons (Fsp3) is 0.174. The molecule has 1 heterocycles. The monoisotopic (exact) mass is 436 g/mol. The number of carbonyl (C=O) groups is 1. The van der Waals surface area contributed by atoms with Crippen LogP contribution < -0.4 is 10.0 Å². The Kier molecular flexibility index (Phi) is 6.81. The van der Waals surface area contributed by atoms with Crippen LogP contribution >= 0.6 is 0 Å². The molecule has 0 spiro atoms. The van der Waals surface area contributed by atoms with Gasteiger partial charge < -0.3 is 5.32 Å². The lowest BCUT2D eigenvalue weighted by Crippen LogP contribution is -2.15. The maximum atomic E-state index is 12.5. The molecule has 2 aromatic carbocycles. The summed E-state index contributed by atoms with van der Waals surface area (Å²) in [7, 11) is -3.83. The van der Waals surface area contributed by atoms with Crippen molar-refractivity contribution in [2.45, 2.75) is 31.6 Å². The highest BCUT2D eigenvalue weighted by atomic mass is 32.2. The zero-order valence-electron chi connectivity index (χ0n) is 17.5. The van der Waals surface area contributed by atoms with Crippen molar-refractivity contribution in [3.63, 3.8) is 0 Å². The van der Waals surface area contributed by atoms with Crippen LogP contribution in [0.1, 0.15) is 36.6 Å². The van der Waals surface area contributed by atoms with Gasteiger partial charge in [0.25, 0.3) is 10.0 Å². The van der Waals surface area contributed by atoms with Gasteiger partial charge in [0.1, 0.15) is 0 Å². The molecule has 1 aromatic heterocycles. The number of carbonyl (C=O) groups excluding carboxylic acids is 1. The zero-order chi connectivity index (χ0) is 22.4. The first-order valence-electron chi connectivity index (χ1n) is 9.74. The second kappa shape index (κ2) is 9.53. The summed E-state index contributed by atoms with van der Waals surface area (Å²) in [6.45, 7) is 5.99. The van der Waals surface area contributed by atoms with Crippen LogP contribution in [0.5, 0.6) is 0 Å². The molecule has 0 saturated heterocycles. The van der Waals surface area contributed by atoms with E-state index in [9.17, 15) is 13.2 Å². The molecule has 3 aromatic rings. The average molecular weight is 437 g/mol. The smallest absolute Gasteiger partial charge is 0.264 e. The van der Waals surface area contributed by atoms with Crippen molar-refractivity contribution in [1.29, 1.82) is 0 Å². The number of hydrogen-bond donors (Lipinski definition) is 2. The van der Waals surface area contributed by atoms with Crippen LogP contribution in [0, 0.1) is 6.92 Å². The maximum absolute atomic E-state index is 12.5. The van der Waals surface area contributed by atoms with Crippen LogP contribution in [0.3, 0.4) is 0 Å². The van der Waals surface area contributed by atoms with Gasteiger partial charge in [-0.25, -0.2) is 23.1 Å². The molecule has 31 heavy (non-hydrogen) atoms. The van der Waals surface area contributed by atoms with Gasteiger partial charge in [-0.3, -0.25) is 4.79 Å². The van der Waals surface area contributed by atoms with E-state index < -0.39 is 10.0 Å². The number of amides is 1. The van der Waals surface area contributed by atoms with Crippen LogP contribution in [0.2, 0.25) is 0 Å². The Morgan fingerprint density at radius 2 is 1.68 bits per heavy atom. The minimum Gasteiger partial charge on any atom is -0.323 e. The van der Waals surface area contributed by atoms with Crippen molar-refractivity contribution in [3.05, 3.63) is 83.7 Å². The molecule has 0 bridgehead atoms. The lowest BCUT2D eigenvalue weighted by atomic mass is 10.0. The molecule has 0 atom stereocenters. The number of anilines is 2. The van der Waals surface area contributed by atoms with E-state index in [2.05, 4.69) is 33.9 Å². The third kappa shape index (κ3) is 6.23. The van der Waals surface area contributed by atoms with Gasteiger partial charge in [0.2, 0.25) is 11.9 Å². The standard InChI is InChI=1S/C23H24N4O3S/c1-16(2)19-7-4-18(5-8-19)6-13-22(28)26-20-9-11-21(12-10-20)31(29,30)27-23-24-15-14-17(3)25-23/h4-16H,1-3H3,(H,26,28)(H,24,25,27)/b13-6+. The molecular weight excluding hydrogens is 412 g/mol. The number of sulfonamides is 1. The molecule has 2 N–H and O–H groups in total. The summed E-state index contributed by atoms with van der Waals surface area (Å²) in [6.07, 6.45) is 4.64. The molecule has 1 amide bonds. The number of nitrogens with zero attached hydrogens (tertiary/aromatic N) is 2. The van der Waals surface area contributed by atoms with E-state index in [1.165, 1.54) is 42.1 Å². The highest BCUT2D eigenvalue weighted by Gasteiger charge is 2.15. The minimum atomic E-state index is -3.83. The van der Waals surface area contributed by atoms with Crippen molar-refractivity contribution in [2.24, 2.45) is 0 Å². The van der Waals surface area contributed by atoms with Gasteiger partial charge in [-0.2, -0.15) is 0 Å². The molecule has 0 aliphatic carbocycles. The molecule has 0 aliphatic rings. The van der Waals surface area contributed by atoms with Crippen molar-refractivity contribution in [1.82, 2.24) is 9.97 Å². The van der Waals surface area contributed by atoms with Crippen LogP contribution in [0.25, 0.3) is 6.08 Å². The lowest BCUT2D eigenvalue weighted by Gasteiger charge is -2.08. The van der Waals surface area contributed by atoms with Crippen LogP contribution in [0.15, 0.2) is 71.8 Å². The third-order valence-corrected chi connectivity index (χ3v) is 5.83. The molecule has 3 rings (SSSR count). The van der Waals surface area contributed by atoms with Crippen molar-refractivity contribution in [2.75, 3.05) is 10.0 Å². The van der Waals surface area contributed by atoms with Crippen LogP contribution in [0.4, 0.5) is 11.6 Å². The molecule has 0 unspecified atom stereocenters. The Morgan fingerprint density at radius 3 is 2.29 bits per heavy atom. The Hall–Kier alpha value is -3.52. The van der Waals surface area contributed by atoms with Gasteiger partial charge in [0.15, 0.2) is 0 Å². The highest BCUT2D eigenvalue weighted by molar-refractivity contribution is 7.92. The lowest BCUT2D eigenvalue weighted by molar-refractivity contribution is -0.111. The molecule has 0 saturated carbocycles. The van der Waals surface area contributed by atoms with E-state index in [1.54, 1.807) is 19.1 Å².